The van der Waals surface area contributed by atoms with Crippen molar-refractivity contribution in [2.45, 2.75) is 0 Å². The molecular formula is CH4O2S63. The molecule has 0 heterocycles. The highest BCUT2D eigenvalue weighted by atomic mass is 34.1. The van der Waals surface area contributed by atoms with Crippen molar-refractivity contribution in [3.05, 3.63) is 0 Å². The summed E-state index contributed by atoms with van der Waals surface area (Å²) in [6, 6.07) is 0. The first-order chi connectivity index (χ1) is 32.6. The third-order valence-electron chi connectivity index (χ3n) is 1.85. The Bertz CT molecular complexity index is 944. The second kappa shape index (κ2) is 80.9. The van der Waals surface area contributed by atoms with Crippen molar-refractivity contribution in [2.75, 3.05) is 7.11 Å². The standard InChI is InChI=1S/CH4O2S63/c1-2-3-66(5,6)65-64-63-62-61-60-59-58-57-56-55-54-53-52-51-50-49-48-47-46-45-44-43-42-41-40-39-38-37-36-35-34-33-32-31-30-29-28-27-26-25-24-23-22-21-20-19-18-17-16-15-14-13-12-11-10-9-8-7-4/h4H,1H3. The summed E-state index contributed by atoms with van der Waals surface area (Å²) in [5, 5.41) is 0. The van der Waals surface area contributed by atoms with Crippen LogP contribution in [0, 0.1) is 0 Å². The van der Waals surface area contributed by atoms with E-state index in [4.69, 9.17) is 26.7 Å². The molecule has 2 nitrogen and oxygen atoms in total. The second-order valence-electron chi connectivity index (χ2n) is 4.66. The molecule has 66 heavy (non-hydrogen) atoms. The van der Waals surface area contributed by atoms with Crippen molar-refractivity contribution < 1.29 is 9.22 Å². The van der Waals surface area contributed by atoms with Gasteiger partial charge in [-0.3, -0.25) is 0 Å². The summed E-state index contributed by atoms with van der Waals surface area (Å²) in [5.74, 6) is 0. The molecule has 0 saturated heterocycles. The van der Waals surface area contributed by atoms with Gasteiger partial charge >= 0.3 is 0 Å². The molecular weight excluding hydrogens is 2060 g/mol. The van der Waals surface area contributed by atoms with E-state index in [-0.39, 0.29) is 0 Å². The van der Waals surface area contributed by atoms with Crippen LogP contribution < -0.4 is 0 Å². The van der Waals surface area contributed by atoms with Gasteiger partial charge in [-0.1, -0.05) is 11.7 Å². The van der Waals surface area contributed by atoms with Crippen LogP contribution in [0.2, 0.25) is 0 Å². The lowest BCUT2D eigenvalue weighted by atomic mass is 11.8. The summed E-state index contributed by atoms with van der Waals surface area (Å²) in [6.07, 6.45) is 0. The van der Waals surface area contributed by atoms with Crippen LogP contribution in [-0.2, 0) is 38.1 Å². The Morgan fingerprint density at radius 2 is 0.348 bits per heavy atom. The highest BCUT2D eigenvalue weighted by Gasteiger charge is 2.08. The lowest BCUT2D eigenvalue weighted by molar-refractivity contribution is -0.160. The zero-order chi connectivity index (χ0) is 47.6. The SMILES string of the molecule is COOS(=S)(=S)SSSSSSSSSSSSSSSSSSSSSSSSSSSSSSSSSSSSSSSSSSSSSSSSSSSSSSSSSSSS. The van der Waals surface area contributed by atoms with E-state index < -0.39 is 6.46 Å². The fraction of sp³-hybridized carbons (Fsp3) is 1.00. The van der Waals surface area contributed by atoms with Gasteiger partial charge in [-0.2, -0.15) is 0 Å². The van der Waals surface area contributed by atoms with Gasteiger partial charge in [0.2, 0.25) is 0 Å². The lowest BCUT2D eigenvalue weighted by Crippen LogP contribution is -1.93. The molecule has 0 fully saturated rings. The first kappa shape index (κ1) is 87.7. The molecule has 65 heteroatoms. The third-order valence-corrected chi connectivity index (χ3v) is 137. The van der Waals surface area contributed by atoms with Crippen molar-refractivity contribution in [1.82, 2.24) is 0 Å². The van der Waals surface area contributed by atoms with Gasteiger partial charge in [0, 0.05) is 501 Å². The minimum atomic E-state index is -2.04. The monoisotopic (exact) mass is 2060 g/mol. The quantitative estimate of drug-likeness (QED) is 0.0205. The molecule has 0 rings (SSSR count). The number of rotatable bonds is 61. The van der Waals surface area contributed by atoms with Gasteiger partial charge in [-0.05, 0) is 101 Å². The van der Waals surface area contributed by atoms with Crippen molar-refractivity contribution in [3.63, 3.8) is 0 Å². The predicted octanol–water partition coefficient (Wildman–Crippen LogP) is 38.6. The van der Waals surface area contributed by atoms with Crippen molar-refractivity contribution in [3.8, 4) is 0 Å². The highest BCUT2D eigenvalue weighted by Crippen LogP contribution is 2.70. The summed E-state index contributed by atoms with van der Waals surface area (Å²) in [4.78, 5) is 4.59. The zero-order valence-corrected chi connectivity index (χ0v) is 79.1. The Labute approximate surface area is 619 Å². The van der Waals surface area contributed by atoms with Crippen LogP contribution in [0.4, 0.5) is 0 Å². The van der Waals surface area contributed by atoms with E-state index in [9.17, 15) is 0 Å². The van der Waals surface area contributed by atoms with Crippen LogP contribution in [0.3, 0.4) is 0 Å². The second-order valence-corrected chi connectivity index (χ2v) is 116. The van der Waals surface area contributed by atoms with E-state index in [1.807, 2.05) is 393 Å². The molecule has 0 atom stereocenters. The lowest BCUT2D eigenvalue weighted by Gasteiger charge is -2.04. The van der Waals surface area contributed by atoms with Gasteiger partial charge in [0.15, 0.2) is 0 Å². The maximum Gasteiger partial charge on any atom is 0.115 e. The predicted molar refractivity (Wildman–Crippen MR) is 487 cm³/mol. The topological polar surface area (TPSA) is 18.5 Å². The van der Waals surface area contributed by atoms with E-state index in [0.29, 0.717) is 0 Å². The fourth-order valence-electron chi connectivity index (χ4n) is 0.776. The molecule has 0 saturated carbocycles. The first-order valence-electron chi connectivity index (χ1n) is 11.1. The number of hydrogen-bond donors (Lipinski definition) is 1. The average Bonchev–Trinajstić information content (AvgIpc) is 3.31. The van der Waals surface area contributed by atoms with E-state index in [0.717, 1.165) is 0 Å². The zero-order valence-electron chi connectivity index (χ0n) is 27.6. The molecule has 0 bridgehead atoms. The maximum atomic E-state index is 5.14. The van der Waals surface area contributed by atoms with Gasteiger partial charge in [0.25, 0.3) is 0 Å². The molecule has 0 radical (unpaired) electrons. The molecule has 0 aliphatic rings. The Hall–Kier alpha value is 21.7. The Morgan fingerprint density at radius 3 is 0.470 bits per heavy atom. The van der Waals surface area contributed by atoms with Gasteiger partial charge in [-0.15, -0.1) is 4.33 Å². The van der Waals surface area contributed by atoms with Crippen LogP contribution in [-0.4, -0.2) is 7.11 Å². The molecule has 0 amide bonds. The molecule has 0 unspecified atom stereocenters. The molecule has 398 valence electrons. The van der Waals surface area contributed by atoms with Crippen LogP contribution >= 0.6 is 591 Å². The minimum Gasteiger partial charge on any atom is -0.226 e. The molecule has 0 aliphatic carbocycles. The average molecular weight is 2070 g/mol. The molecule has 0 spiro atoms. The molecule has 0 aromatic rings. The normalized spacial score (nSPS) is 12.0. The summed E-state index contributed by atoms with van der Waals surface area (Å²) in [6.45, 7) is -2.04. The van der Waals surface area contributed by atoms with Gasteiger partial charge in [0.05, 0.1) is 7.11 Å². The Kier molecular flexibility index (Phi) is 108. The fourth-order valence-corrected chi connectivity index (χ4v) is 165. The largest absolute Gasteiger partial charge is 0.226 e. The third kappa shape index (κ3) is 81.8. The molecule has 0 aromatic carbocycles. The van der Waals surface area contributed by atoms with Crippen LogP contribution in [0.1, 0.15) is 0 Å². The summed E-state index contributed by atoms with van der Waals surface area (Å²) in [5.41, 5.74) is 0. The van der Waals surface area contributed by atoms with Gasteiger partial charge in [0.1, 0.15) is 6.46 Å². The number of thiol groups is 1. The smallest absolute Gasteiger partial charge is 0.115 e. The Balaban J connectivity index is 3.09. The van der Waals surface area contributed by atoms with Crippen LogP contribution in [0.15, 0.2) is 0 Å². The van der Waals surface area contributed by atoms with Gasteiger partial charge < -0.3 is 0 Å². The Morgan fingerprint density at radius 1 is 0.227 bits per heavy atom. The van der Waals surface area contributed by atoms with E-state index in [1.54, 1.807) is 157 Å². The highest BCUT2D eigenvalue weighted by molar-refractivity contribution is 9.64. The summed E-state index contributed by atoms with van der Waals surface area (Å²) >= 11 is 14.4. The van der Waals surface area contributed by atoms with Crippen molar-refractivity contribution >= 4 is 620 Å². The first-order valence-corrected chi connectivity index (χ1v) is 94.2. The molecule has 0 aromatic heterocycles. The molecule has 0 N–H and O–H groups in total. The van der Waals surface area contributed by atoms with Crippen LogP contribution in [0.5, 0.6) is 0 Å². The minimum absolute atomic E-state index is 1.36. The van der Waals surface area contributed by atoms with Crippen LogP contribution in [0.25, 0.3) is 0 Å². The van der Waals surface area contributed by atoms with Gasteiger partial charge in [-0.25, -0.2) is 4.89 Å². The van der Waals surface area contributed by atoms with E-state index in [2.05, 4.69) is 16.5 Å². The van der Waals surface area contributed by atoms with Crippen molar-refractivity contribution in [1.29, 1.82) is 0 Å². The summed E-state index contributed by atoms with van der Waals surface area (Å²) < 4.78 is 4.91. The van der Waals surface area contributed by atoms with E-state index >= 15 is 0 Å². The van der Waals surface area contributed by atoms with Crippen molar-refractivity contribution in [2.24, 2.45) is 0 Å². The maximum absolute atomic E-state index is 5.14. The summed E-state index contributed by atoms with van der Waals surface area (Å²) in [7, 11) is 107. The molecule has 0 aliphatic heterocycles. The van der Waals surface area contributed by atoms with E-state index in [1.165, 1.54) is 36.6 Å². The number of hydrogen-bond acceptors (Lipinski definition) is 64.